The summed E-state index contributed by atoms with van der Waals surface area (Å²) in [5.74, 6) is -0.244. The van der Waals surface area contributed by atoms with E-state index in [4.69, 9.17) is 10.5 Å². The molecule has 0 aliphatic heterocycles. The van der Waals surface area contributed by atoms with E-state index in [2.05, 4.69) is 0 Å². The molecule has 0 amide bonds. The van der Waals surface area contributed by atoms with Crippen LogP contribution < -0.4 is 5.73 Å². The molecule has 110 valence electrons. The smallest absolute Gasteiger partial charge is 0.316 e. The number of nitrogens with two attached hydrogens (primary N) is 1. The van der Waals surface area contributed by atoms with Gasteiger partial charge in [-0.25, -0.2) is 0 Å². The third-order valence-electron chi connectivity index (χ3n) is 3.68. The zero-order valence-electron chi connectivity index (χ0n) is 12.5. The third kappa shape index (κ3) is 3.24. The summed E-state index contributed by atoms with van der Waals surface area (Å²) in [4.78, 5) is 12.5. The molecule has 0 saturated carbocycles. The van der Waals surface area contributed by atoms with Crippen LogP contribution in [0.3, 0.4) is 0 Å². The second-order valence-corrected chi connectivity index (χ2v) is 5.30. The lowest BCUT2D eigenvalue weighted by molar-refractivity contribution is -0.149. The van der Waals surface area contributed by atoms with Gasteiger partial charge >= 0.3 is 5.97 Å². The lowest BCUT2D eigenvalue weighted by Crippen LogP contribution is -2.37. The van der Waals surface area contributed by atoms with Crippen LogP contribution in [-0.4, -0.2) is 12.6 Å². The van der Waals surface area contributed by atoms with Gasteiger partial charge in [0.15, 0.2) is 0 Å². The summed E-state index contributed by atoms with van der Waals surface area (Å²) < 4.78 is 5.29. The average Bonchev–Trinajstić information content (AvgIpc) is 2.48. The van der Waals surface area contributed by atoms with Crippen LogP contribution in [0, 0.1) is 0 Å². The van der Waals surface area contributed by atoms with Gasteiger partial charge in [0.25, 0.3) is 0 Å². The minimum atomic E-state index is -0.789. The highest BCUT2D eigenvalue weighted by atomic mass is 16.5. The lowest BCUT2D eigenvalue weighted by Gasteiger charge is -2.29. The number of esters is 1. The van der Waals surface area contributed by atoms with E-state index in [0.29, 0.717) is 18.7 Å². The number of para-hydroxylation sites is 1. The predicted octanol–water partition coefficient (Wildman–Crippen LogP) is 3.33. The van der Waals surface area contributed by atoms with Crippen LogP contribution in [0.4, 0.5) is 5.69 Å². The van der Waals surface area contributed by atoms with Gasteiger partial charge in [-0.2, -0.15) is 0 Å². The molecule has 0 aliphatic carbocycles. The highest BCUT2D eigenvalue weighted by Crippen LogP contribution is 2.33. The Morgan fingerprint density at radius 2 is 1.71 bits per heavy atom. The van der Waals surface area contributed by atoms with Gasteiger partial charge in [0.05, 0.1) is 12.0 Å². The average molecular weight is 283 g/mol. The number of anilines is 1. The minimum absolute atomic E-state index is 0.244. The molecule has 3 heteroatoms. The maximum Gasteiger partial charge on any atom is 0.316 e. The predicted molar refractivity (Wildman–Crippen MR) is 85.0 cm³/mol. The molecular formula is C18H21NO2. The summed E-state index contributed by atoms with van der Waals surface area (Å²) in [5, 5.41) is 0. The number of nitrogen functional groups attached to an aromatic ring is 1. The largest absolute Gasteiger partial charge is 0.465 e. The molecule has 3 nitrogen and oxygen atoms in total. The number of ether oxygens (including phenoxy) is 1. The van der Waals surface area contributed by atoms with Crippen LogP contribution in [0.15, 0.2) is 54.6 Å². The van der Waals surface area contributed by atoms with Crippen LogP contribution in [0.2, 0.25) is 0 Å². The normalized spacial score (nSPS) is 13.4. The molecule has 1 atom stereocenters. The Balaban J connectivity index is 2.44. The maximum atomic E-state index is 12.5. The van der Waals surface area contributed by atoms with E-state index in [0.717, 1.165) is 11.1 Å². The molecule has 0 radical (unpaired) electrons. The van der Waals surface area contributed by atoms with Gasteiger partial charge in [-0.15, -0.1) is 0 Å². The van der Waals surface area contributed by atoms with Gasteiger partial charge in [-0.1, -0.05) is 48.5 Å². The SMILES string of the molecule is CCOC(=O)C(C)(Cc1ccccc1)c1ccccc1N. The van der Waals surface area contributed by atoms with Gasteiger partial charge in [-0.05, 0) is 37.5 Å². The monoisotopic (exact) mass is 283 g/mol. The molecule has 0 spiro atoms. The van der Waals surface area contributed by atoms with Crippen molar-refractivity contribution in [2.75, 3.05) is 12.3 Å². The first-order valence-corrected chi connectivity index (χ1v) is 7.14. The van der Waals surface area contributed by atoms with Crippen LogP contribution >= 0.6 is 0 Å². The van der Waals surface area contributed by atoms with E-state index in [1.54, 1.807) is 0 Å². The molecular weight excluding hydrogens is 262 g/mol. The van der Waals surface area contributed by atoms with Crippen molar-refractivity contribution < 1.29 is 9.53 Å². The fraction of sp³-hybridized carbons (Fsp3) is 0.278. The van der Waals surface area contributed by atoms with E-state index in [1.165, 1.54) is 0 Å². The molecule has 0 aromatic heterocycles. The fourth-order valence-corrected chi connectivity index (χ4v) is 2.57. The number of rotatable bonds is 5. The first kappa shape index (κ1) is 15.1. The molecule has 2 N–H and O–H groups in total. The Hall–Kier alpha value is -2.29. The Labute approximate surface area is 125 Å². The summed E-state index contributed by atoms with van der Waals surface area (Å²) in [5.41, 5.74) is 7.80. The van der Waals surface area contributed by atoms with E-state index in [-0.39, 0.29) is 5.97 Å². The molecule has 21 heavy (non-hydrogen) atoms. The second kappa shape index (κ2) is 6.44. The number of benzene rings is 2. The van der Waals surface area contributed by atoms with Gasteiger partial charge in [-0.3, -0.25) is 4.79 Å². The molecule has 2 rings (SSSR count). The van der Waals surface area contributed by atoms with Gasteiger partial charge < -0.3 is 10.5 Å². The Kier molecular flexibility index (Phi) is 4.63. The van der Waals surface area contributed by atoms with Crippen LogP contribution in [0.5, 0.6) is 0 Å². The maximum absolute atomic E-state index is 12.5. The van der Waals surface area contributed by atoms with E-state index >= 15 is 0 Å². The molecule has 2 aromatic rings. The molecule has 2 aromatic carbocycles. The zero-order chi connectivity index (χ0) is 15.3. The van der Waals surface area contributed by atoms with E-state index in [1.807, 2.05) is 68.4 Å². The van der Waals surface area contributed by atoms with Crippen LogP contribution in [-0.2, 0) is 21.4 Å². The molecule has 0 saturated heterocycles. The summed E-state index contributed by atoms with van der Waals surface area (Å²) in [7, 11) is 0. The number of carbonyl (C=O) groups excluding carboxylic acids is 1. The van der Waals surface area contributed by atoms with Crippen molar-refractivity contribution in [2.45, 2.75) is 25.7 Å². The number of carbonyl (C=O) groups is 1. The molecule has 0 aliphatic rings. The van der Waals surface area contributed by atoms with Crippen molar-refractivity contribution >= 4 is 11.7 Å². The summed E-state index contributed by atoms with van der Waals surface area (Å²) in [6.45, 7) is 4.06. The quantitative estimate of drug-likeness (QED) is 0.676. The van der Waals surface area contributed by atoms with E-state index in [9.17, 15) is 4.79 Å². The lowest BCUT2D eigenvalue weighted by atomic mass is 9.76. The van der Waals surface area contributed by atoms with Crippen molar-refractivity contribution in [1.82, 2.24) is 0 Å². The Morgan fingerprint density at radius 3 is 2.33 bits per heavy atom. The standard InChI is InChI=1S/C18H21NO2/c1-3-21-17(20)18(2,13-14-9-5-4-6-10-14)15-11-7-8-12-16(15)19/h4-12H,3,13,19H2,1-2H3. The topological polar surface area (TPSA) is 52.3 Å². The molecule has 0 bridgehead atoms. The second-order valence-electron chi connectivity index (χ2n) is 5.30. The highest BCUT2D eigenvalue weighted by Gasteiger charge is 2.38. The Morgan fingerprint density at radius 1 is 1.10 bits per heavy atom. The molecule has 0 heterocycles. The van der Waals surface area contributed by atoms with Crippen molar-refractivity contribution in [1.29, 1.82) is 0 Å². The van der Waals surface area contributed by atoms with Gasteiger partial charge in [0, 0.05) is 5.69 Å². The van der Waals surface area contributed by atoms with Gasteiger partial charge in [0.1, 0.15) is 0 Å². The van der Waals surface area contributed by atoms with Crippen LogP contribution in [0.1, 0.15) is 25.0 Å². The van der Waals surface area contributed by atoms with Crippen molar-refractivity contribution in [2.24, 2.45) is 0 Å². The third-order valence-corrected chi connectivity index (χ3v) is 3.68. The minimum Gasteiger partial charge on any atom is -0.465 e. The highest BCUT2D eigenvalue weighted by molar-refractivity contribution is 5.85. The van der Waals surface area contributed by atoms with Crippen molar-refractivity contribution in [3.63, 3.8) is 0 Å². The number of hydrogen-bond acceptors (Lipinski definition) is 3. The zero-order valence-corrected chi connectivity index (χ0v) is 12.5. The summed E-state index contributed by atoms with van der Waals surface area (Å²) in [6.07, 6.45) is 0.556. The summed E-state index contributed by atoms with van der Waals surface area (Å²) >= 11 is 0. The van der Waals surface area contributed by atoms with Crippen LogP contribution in [0.25, 0.3) is 0 Å². The van der Waals surface area contributed by atoms with Gasteiger partial charge in [0.2, 0.25) is 0 Å². The number of hydrogen-bond donors (Lipinski definition) is 1. The molecule has 0 fully saturated rings. The Bertz CT molecular complexity index is 610. The fourth-order valence-electron chi connectivity index (χ4n) is 2.57. The first-order valence-electron chi connectivity index (χ1n) is 7.14. The van der Waals surface area contributed by atoms with Crippen molar-refractivity contribution in [3.8, 4) is 0 Å². The summed E-state index contributed by atoms with van der Waals surface area (Å²) in [6, 6.07) is 17.4. The van der Waals surface area contributed by atoms with Crippen molar-refractivity contribution in [3.05, 3.63) is 65.7 Å². The first-order chi connectivity index (χ1) is 10.1. The van der Waals surface area contributed by atoms with E-state index < -0.39 is 5.41 Å². The molecule has 1 unspecified atom stereocenters.